The Labute approximate surface area is 409 Å². The highest BCUT2D eigenvalue weighted by Crippen LogP contribution is 2.41. The van der Waals surface area contributed by atoms with E-state index in [9.17, 15) is 23.1 Å². The van der Waals surface area contributed by atoms with Crippen LogP contribution in [0.5, 0.6) is 11.5 Å². The van der Waals surface area contributed by atoms with Gasteiger partial charge in [0.1, 0.15) is 50.4 Å². The minimum atomic E-state index is -4.04. The number of amides is 1. The third-order valence-electron chi connectivity index (χ3n) is 12.9. The van der Waals surface area contributed by atoms with Gasteiger partial charge in [0, 0.05) is 47.1 Å². The average molecular weight is 991 g/mol. The zero-order valence-electron chi connectivity index (χ0n) is 39.3. The standard InChI is InChI=1S/C50H52ClN9O7S2/c1-27-10-12-34(38(23-45(62)63)35-21-39-48(42(22-35)66-7)58(6)57-55-39)20-36(27)26-59-25-28(2)67-41-19-32(11-17-43(41)69(59,64)65)9-8-18-52-44(61)24-40-49-56-54-31(5)60(49)50-46(29(3)30(4)68-50)47(53-40)33-13-15-37(51)16-14-33/h10-17,19-22,28,38,40H,8-9,18,23-26H2,1-7H3,(H,52,61)(H,62,63)/t28-,38+,40+/m1/s1. The molecule has 0 aliphatic carbocycles. The van der Waals surface area contributed by atoms with Crippen LogP contribution in [0.15, 0.2) is 82.7 Å². The van der Waals surface area contributed by atoms with Crippen LogP contribution in [0, 0.1) is 27.7 Å². The second-order valence-electron chi connectivity index (χ2n) is 17.7. The topological polar surface area (TPSA) is 196 Å². The number of hydrogen-bond acceptors (Lipinski definition) is 12. The number of aromatic nitrogens is 6. The average Bonchev–Trinajstić information content (AvgIpc) is 3.93. The first-order chi connectivity index (χ1) is 33.0. The number of aryl methyl sites for hydroxylation is 5. The normalized spacial score (nSPS) is 16.9. The van der Waals surface area contributed by atoms with Gasteiger partial charge in [-0.2, -0.15) is 4.31 Å². The Balaban J connectivity index is 0.886. The van der Waals surface area contributed by atoms with Gasteiger partial charge in [-0.1, -0.05) is 53.2 Å². The number of nitrogens with zero attached hydrogens (tertiary/aromatic N) is 8. The maximum Gasteiger partial charge on any atom is 0.304 e. The van der Waals surface area contributed by atoms with E-state index in [4.69, 9.17) is 26.1 Å². The van der Waals surface area contributed by atoms with Crippen molar-refractivity contribution in [1.82, 2.24) is 39.4 Å². The fourth-order valence-corrected chi connectivity index (χ4v) is 12.2. The minimum Gasteiger partial charge on any atom is -0.494 e. The number of ether oxygens (including phenoxy) is 2. The molecule has 1 amide bonds. The highest BCUT2D eigenvalue weighted by molar-refractivity contribution is 7.89. The molecule has 2 aliphatic rings. The lowest BCUT2D eigenvalue weighted by atomic mass is 9.86. The van der Waals surface area contributed by atoms with Crippen LogP contribution in [0.2, 0.25) is 5.02 Å². The molecule has 7 aromatic rings. The number of thiophene rings is 1. The van der Waals surface area contributed by atoms with Crippen molar-refractivity contribution in [3.05, 3.63) is 139 Å². The quantitative estimate of drug-likeness (QED) is 0.0999. The number of sulfonamides is 1. The first-order valence-corrected chi connectivity index (χ1v) is 25.3. The van der Waals surface area contributed by atoms with Crippen molar-refractivity contribution < 1.29 is 32.6 Å². The van der Waals surface area contributed by atoms with Crippen LogP contribution in [0.25, 0.3) is 16.0 Å². The summed E-state index contributed by atoms with van der Waals surface area (Å²) in [7, 11) is -0.737. The van der Waals surface area contributed by atoms with Crippen molar-refractivity contribution in [3.8, 4) is 16.5 Å². The predicted octanol–water partition coefficient (Wildman–Crippen LogP) is 8.12. The number of aliphatic carboxylic acids is 1. The van der Waals surface area contributed by atoms with Crippen LogP contribution < -0.4 is 14.8 Å². The maximum atomic E-state index is 14.4. The highest BCUT2D eigenvalue weighted by atomic mass is 35.5. The third kappa shape index (κ3) is 9.37. The van der Waals surface area contributed by atoms with Crippen LogP contribution >= 0.6 is 22.9 Å². The highest BCUT2D eigenvalue weighted by Gasteiger charge is 2.35. The lowest BCUT2D eigenvalue weighted by Gasteiger charge is -2.24. The second-order valence-corrected chi connectivity index (χ2v) is 21.3. The van der Waals surface area contributed by atoms with Gasteiger partial charge in [0.25, 0.3) is 0 Å². The van der Waals surface area contributed by atoms with Gasteiger partial charge >= 0.3 is 5.97 Å². The number of rotatable bonds is 14. The van der Waals surface area contributed by atoms with E-state index in [1.807, 2.05) is 79.9 Å². The lowest BCUT2D eigenvalue weighted by Crippen LogP contribution is -2.35. The van der Waals surface area contributed by atoms with Gasteiger partial charge in [-0.05, 0) is 117 Å². The van der Waals surface area contributed by atoms with Crippen LogP contribution in [0.1, 0.15) is 99.2 Å². The van der Waals surface area contributed by atoms with Crippen LogP contribution in [-0.4, -0.2) is 91.5 Å². The molecule has 5 heterocycles. The second kappa shape index (κ2) is 19.1. The number of carboxylic acids is 1. The molecule has 3 aromatic heterocycles. The van der Waals surface area contributed by atoms with E-state index in [0.717, 1.165) is 49.0 Å². The molecule has 0 unspecified atom stereocenters. The number of hydrogen-bond donors (Lipinski definition) is 2. The molecule has 358 valence electrons. The monoisotopic (exact) mass is 989 g/mol. The van der Waals surface area contributed by atoms with Crippen molar-refractivity contribution in [1.29, 1.82) is 0 Å². The number of nitrogens with one attached hydrogen (secondary N) is 1. The summed E-state index contributed by atoms with van der Waals surface area (Å²) in [6.07, 6.45) is 0.512. The van der Waals surface area contributed by atoms with Crippen molar-refractivity contribution in [2.45, 2.75) is 89.8 Å². The molecule has 0 spiro atoms. The van der Waals surface area contributed by atoms with E-state index in [1.165, 1.54) is 4.31 Å². The van der Waals surface area contributed by atoms with E-state index < -0.39 is 34.1 Å². The van der Waals surface area contributed by atoms with Gasteiger partial charge in [-0.3, -0.25) is 19.1 Å². The Morgan fingerprint density at radius 1 is 1.00 bits per heavy atom. The van der Waals surface area contributed by atoms with Gasteiger partial charge in [-0.15, -0.1) is 26.6 Å². The number of fused-ring (bicyclic) bond motifs is 5. The first-order valence-electron chi connectivity index (χ1n) is 22.6. The summed E-state index contributed by atoms with van der Waals surface area (Å²) in [4.78, 5) is 32.3. The zero-order chi connectivity index (χ0) is 48.9. The van der Waals surface area contributed by atoms with E-state index >= 15 is 0 Å². The van der Waals surface area contributed by atoms with E-state index in [1.54, 1.807) is 48.4 Å². The van der Waals surface area contributed by atoms with E-state index in [-0.39, 0.29) is 42.5 Å². The molecule has 0 bridgehead atoms. The summed E-state index contributed by atoms with van der Waals surface area (Å²) in [5.74, 6) is 0.345. The fraction of sp³-hybridized carbons (Fsp3) is 0.340. The number of carbonyl (C=O) groups excluding carboxylic acids is 1. The van der Waals surface area contributed by atoms with Crippen molar-refractivity contribution >= 4 is 61.6 Å². The Kier molecular flexibility index (Phi) is 13.2. The Morgan fingerprint density at radius 2 is 1.78 bits per heavy atom. The van der Waals surface area contributed by atoms with Crippen LogP contribution in [0.3, 0.4) is 0 Å². The van der Waals surface area contributed by atoms with E-state index in [2.05, 4.69) is 39.7 Å². The predicted molar refractivity (Wildman–Crippen MR) is 264 cm³/mol. The third-order valence-corrected chi connectivity index (χ3v) is 16.2. The van der Waals surface area contributed by atoms with Gasteiger partial charge in [0.05, 0.1) is 32.2 Å². The van der Waals surface area contributed by atoms with Gasteiger partial charge < -0.3 is 19.9 Å². The largest absolute Gasteiger partial charge is 0.494 e. The number of carboxylic acid groups (broad SMARTS) is 1. The van der Waals surface area contributed by atoms with Gasteiger partial charge in [-0.25, -0.2) is 13.1 Å². The molecule has 2 aliphatic heterocycles. The molecule has 0 radical (unpaired) electrons. The number of halogens is 1. The number of carbonyl (C=O) groups is 2. The smallest absolute Gasteiger partial charge is 0.304 e. The minimum absolute atomic E-state index is 0.0453. The van der Waals surface area contributed by atoms with Crippen molar-refractivity contribution in [2.24, 2.45) is 12.0 Å². The van der Waals surface area contributed by atoms with Crippen molar-refractivity contribution in [3.63, 3.8) is 0 Å². The SMILES string of the molecule is COc1cc([C@@H](CC(=O)O)c2ccc(C)c(CN3C[C@@H](C)Oc4cc(CCCNC(=O)C[C@@H]5N=C(c6ccc(Cl)cc6)c6c(sc(C)c6C)-n6c(C)nnc65)ccc4S3(=O)=O)c2)cc2nnn(C)c12. The van der Waals surface area contributed by atoms with Crippen molar-refractivity contribution in [2.75, 3.05) is 20.2 Å². The summed E-state index contributed by atoms with van der Waals surface area (Å²) in [6.45, 7) is 10.3. The lowest BCUT2D eigenvalue weighted by molar-refractivity contribution is -0.137. The molecule has 0 fully saturated rings. The number of aliphatic imine (C=N–C) groups is 1. The summed E-state index contributed by atoms with van der Waals surface area (Å²) >= 11 is 7.92. The molecular weight excluding hydrogens is 938 g/mol. The van der Waals surface area contributed by atoms with E-state index in [0.29, 0.717) is 64.0 Å². The Morgan fingerprint density at radius 3 is 2.54 bits per heavy atom. The fourth-order valence-electron chi connectivity index (χ4n) is 9.24. The molecular formula is C50H52ClN9O7S2. The van der Waals surface area contributed by atoms with Crippen LogP contribution in [0.4, 0.5) is 0 Å². The zero-order valence-corrected chi connectivity index (χ0v) is 41.7. The summed E-state index contributed by atoms with van der Waals surface area (Å²) in [5.41, 5.74) is 8.88. The molecule has 0 saturated heterocycles. The molecule has 3 atom stereocenters. The number of methoxy groups -OCH3 is 1. The van der Waals surface area contributed by atoms with Crippen LogP contribution in [-0.2, 0) is 39.6 Å². The number of benzene rings is 4. The molecule has 0 saturated carbocycles. The van der Waals surface area contributed by atoms with Gasteiger partial charge in [0.2, 0.25) is 15.9 Å². The molecule has 16 nitrogen and oxygen atoms in total. The first kappa shape index (κ1) is 47.6. The van der Waals surface area contributed by atoms with Gasteiger partial charge in [0.15, 0.2) is 5.82 Å². The molecule has 4 aromatic carbocycles. The molecule has 9 rings (SSSR count). The molecule has 2 N–H and O–H groups in total. The summed E-state index contributed by atoms with van der Waals surface area (Å²) < 4.78 is 45.9. The Bertz CT molecular complexity index is 3290. The molecule has 69 heavy (non-hydrogen) atoms. The molecule has 19 heteroatoms. The summed E-state index contributed by atoms with van der Waals surface area (Å²) in [5, 5.41) is 32.0. The maximum absolute atomic E-state index is 14.4. The Hall–Kier alpha value is -6.47. The summed E-state index contributed by atoms with van der Waals surface area (Å²) in [6, 6.07) is 21.4.